The Hall–Kier alpha value is -2.03. The van der Waals surface area contributed by atoms with Crippen molar-refractivity contribution in [3.63, 3.8) is 0 Å². The first-order valence-corrected chi connectivity index (χ1v) is 8.10. The molecule has 1 fully saturated rings. The van der Waals surface area contributed by atoms with E-state index in [1.807, 2.05) is 24.3 Å². The molecule has 0 radical (unpaired) electrons. The van der Waals surface area contributed by atoms with Crippen molar-refractivity contribution in [1.82, 2.24) is 0 Å². The summed E-state index contributed by atoms with van der Waals surface area (Å²) in [5.74, 6) is -0.905. The lowest BCUT2D eigenvalue weighted by Gasteiger charge is -2.25. The fourth-order valence-electron chi connectivity index (χ4n) is 3.39. The number of halogens is 2. The zero-order chi connectivity index (χ0) is 16.4. The van der Waals surface area contributed by atoms with E-state index in [4.69, 9.17) is 0 Å². The first-order valence-electron chi connectivity index (χ1n) is 8.10. The molecule has 2 aromatic carbocycles. The Morgan fingerprint density at radius 3 is 2.17 bits per heavy atom. The van der Waals surface area contributed by atoms with Crippen molar-refractivity contribution in [2.75, 3.05) is 0 Å². The molecule has 23 heavy (non-hydrogen) atoms. The van der Waals surface area contributed by atoms with Crippen LogP contribution in [0.4, 0.5) is 8.78 Å². The zero-order valence-electron chi connectivity index (χ0n) is 13.2. The van der Waals surface area contributed by atoms with Crippen molar-refractivity contribution in [2.24, 2.45) is 5.92 Å². The molecule has 0 unspecified atom stereocenters. The molecule has 0 heterocycles. The van der Waals surface area contributed by atoms with E-state index < -0.39 is 11.6 Å². The molecule has 0 amide bonds. The summed E-state index contributed by atoms with van der Waals surface area (Å²) in [6.07, 6.45) is 4.96. The molecule has 0 saturated heterocycles. The van der Waals surface area contributed by atoms with Crippen molar-refractivity contribution >= 4 is 6.29 Å². The van der Waals surface area contributed by atoms with Gasteiger partial charge in [-0.3, -0.25) is 0 Å². The van der Waals surface area contributed by atoms with Gasteiger partial charge in [-0.1, -0.05) is 36.4 Å². The summed E-state index contributed by atoms with van der Waals surface area (Å²) in [4.78, 5) is 10.8. The molecular weight excluding hydrogens is 294 g/mol. The maximum Gasteiger partial charge on any atom is 0.166 e. The first-order chi connectivity index (χ1) is 11.1. The van der Waals surface area contributed by atoms with E-state index in [0.29, 0.717) is 22.6 Å². The zero-order valence-corrected chi connectivity index (χ0v) is 13.2. The third-order valence-corrected chi connectivity index (χ3v) is 4.93. The van der Waals surface area contributed by atoms with E-state index in [1.165, 1.54) is 5.56 Å². The van der Waals surface area contributed by atoms with Crippen molar-refractivity contribution in [3.8, 4) is 11.1 Å². The molecule has 3 rings (SSSR count). The molecule has 1 aliphatic rings. The van der Waals surface area contributed by atoms with Crippen molar-refractivity contribution in [3.05, 3.63) is 59.2 Å². The van der Waals surface area contributed by atoms with Gasteiger partial charge in [0, 0.05) is 11.5 Å². The number of rotatable bonds is 3. The monoisotopic (exact) mass is 314 g/mol. The Labute approximate surface area is 135 Å². The Morgan fingerprint density at radius 1 is 0.913 bits per heavy atom. The molecule has 120 valence electrons. The summed E-state index contributed by atoms with van der Waals surface area (Å²) < 4.78 is 27.8. The number of hydrogen-bond donors (Lipinski definition) is 0. The maximum atomic E-state index is 14.1. The van der Waals surface area contributed by atoms with Gasteiger partial charge in [0.1, 0.15) is 6.29 Å². The van der Waals surface area contributed by atoms with Crippen molar-refractivity contribution in [2.45, 2.75) is 38.5 Å². The highest BCUT2D eigenvalue weighted by atomic mass is 19.2. The van der Waals surface area contributed by atoms with E-state index in [-0.39, 0.29) is 5.92 Å². The summed E-state index contributed by atoms with van der Waals surface area (Å²) in [6.45, 7) is 1.56. The van der Waals surface area contributed by atoms with E-state index >= 15 is 0 Å². The van der Waals surface area contributed by atoms with E-state index in [9.17, 15) is 13.6 Å². The van der Waals surface area contributed by atoms with Crippen LogP contribution in [0.15, 0.2) is 36.4 Å². The second-order valence-corrected chi connectivity index (χ2v) is 6.43. The van der Waals surface area contributed by atoms with Crippen LogP contribution in [0.5, 0.6) is 0 Å². The van der Waals surface area contributed by atoms with Crippen LogP contribution in [0.1, 0.15) is 42.7 Å². The van der Waals surface area contributed by atoms with Gasteiger partial charge in [-0.25, -0.2) is 8.78 Å². The minimum absolute atomic E-state index is 0.204. The van der Waals surface area contributed by atoms with E-state index in [0.717, 1.165) is 32.0 Å². The number of hydrogen-bond acceptors (Lipinski definition) is 1. The summed E-state index contributed by atoms with van der Waals surface area (Å²) in [7, 11) is 0. The van der Waals surface area contributed by atoms with Crippen LogP contribution >= 0.6 is 0 Å². The number of aldehydes is 1. The predicted molar refractivity (Wildman–Crippen MR) is 87.3 cm³/mol. The number of carbonyl (C=O) groups excluding carboxylic acids is 1. The molecule has 0 aliphatic heterocycles. The predicted octanol–water partition coefficient (Wildman–Crippen LogP) is 5.41. The van der Waals surface area contributed by atoms with Crippen LogP contribution in [-0.4, -0.2) is 6.29 Å². The molecule has 0 N–H and O–H groups in total. The highest BCUT2D eigenvalue weighted by Crippen LogP contribution is 2.36. The average molecular weight is 314 g/mol. The van der Waals surface area contributed by atoms with Gasteiger partial charge < -0.3 is 4.79 Å². The number of aryl methyl sites for hydroxylation is 1. The fraction of sp³-hybridized carbons (Fsp3) is 0.350. The number of carbonyl (C=O) groups is 1. The molecule has 1 aliphatic carbocycles. The molecule has 0 bridgehead atoms. The first kappa shape index (κ1) is 15.9. The topological polar surface area (TPSA) is 17.1 Å². The van der Waals surface area contributed by atoms with Crippen LogP contribution in [0.3, 0.4) is 0 Å². The fourth-order valence-corrected chi connectivity index (χ4v) is 3.39. The molecular formula is C20H20F2O. The van der Waals surface area contributed by atoms with E-state index in [2.05, 4.69) is 0 Å². The quantitative estimate of drug-likeness (QED) is 0.692. The Kier molecular flexibility index (Phi) is 4.56. The second kappa shape index (κ2) is 6.61. The van der Waals surface area contributed by atoms with Gasteiger partial charge in [0.15, 0.2) is 11.6 Å². The molecule has 2 aromatic rings. The largest absolute Gasteiger partial charge is 0.303 e. The van der Waals surface area contributed by atoms with Crippen LogP contribution in [-0.2, 0) is 4.79 Å². The lowest BCUT2D eigenvalue weighted by atomic mass is 9.79. The van der Waals surface area contributed by atoms with Crippen LogP contribution in [0.25, 0.3) is 11.1 Å². The highest BCUT2D eigenvalue weighted by Gasteiger charge is 2.22. The molecule has 0 aromatic heterocycles. The van der Waals surface area contributed by atoms with Crippen LogP contribution in [0, 0.1) is 24.5 Å². The maximum absolute atomic E-state index is 14.1. The Balaban J connectivity index is 1.80. The van der Waals surface area contributed by atoms with Crippen LogP contribution < -0.4 is 0 Å². The number of benzene rings is 2. The van der Waals surface area contributed by atoms with Crippen molar-refractivity contribution < 1.29 is 13.6 Å². The van der Waals surface area contributed by atoms with Gasteiger partial charge in [0.25, 0.3) is 0 Å². The molecule has 1 nitrogen and oxygen atoms in total. The van der Waals surface area contributed by atoms with Gasteiger partial charge in [-0.15, -0.1) is 0 Å². The lowest BCUT2D eigenvalue weighted by molar-refractivity contribution is -0.111. The summed E-state index contributed by atoms with van der Waals surface area (Å²) in [6, 6.07) is 10.9. The summed E-state index contributed by atoms with van der Waals surface area (Å²) in [5, 5.41) is 0. The molecule has 0 spiro atoms. The lowest BCUT2D eigenvalue weighted by Crippen LogP contribution is -2.14. The third kappa shape index (κ3) is 3.19. The smallest absolute Gasteiger partial charge is 0.166 e. The Morgan fingerprint density at radius 2 is 1.57 bits per heavy atom. The average Bonchev–Trinajstić information content (AvgIpc) is 2.60. The van der Waals surface area contributed by atoms with Crippen LogP contribution in [0.2, 0.25) is 0 Å². The van der Waals surface area contributed by atoms with Gasteiger partial charge in [0.05, 0.1) is 0 Å². The molecule has 1 saturated carbocycles. The summed E-state index contributed by atoms with van der Waals surface area (Å²) in [5.41, 5.74) is 2.51. The summed E-state index contributed by atoms with van der Waals surface area (Å²) >= 11 is 0. The molecule has 0 atom stereocenters. The normalized spacial score (nSPS) is 21.2. The van der Waals surface area contributed by atoms with Gasteiger partial charge in [-0.2, -0.15) is 0 Å². The SMILES string of the molecule is Cc1ccc(-c2ccc(C3CCC(C=O)CC3)cc2)c(F)c1F. The highest BCUT2D eigenvalue weighted by molar-refractivity contribution is 5.65. The molecule has 3 heteroatoms. The minimum Gasteiger partial charge on any atom is -0.303 e. The Bertz CT molecular complexity index is 698. The van der Waals surface area contributed by atoms with Gasteiger partial charge >= 0.3 is 0 Å². The van der Waals surface area contributed by atoms with Gasteiger partial charge in [0.2, 0.25) is 0 Å². The third-order valence-electron chi connectivity index (χ3n) is 4.93. The van der Waals surface area contributed by atoms with E-state index in [1.54, 1.807) is 19.1 Å². The van der Waals surface area contributed by atoms with Gasteiger partial charge in [-0.05, 0) is 55.2 Å². The van der Waals surface area contributed by atoms with Crippen molar-refractivity contribution in [1.29, 1.82) is 0 Å². The minimum atomic E-state index is -0.788. The second-order valence-electron chi connectivity index (χ2n) is 6.43. The standard InChI is InChI=1S/C20H20F2O/c1-13-2-11-18(20(22)19(13)21)17-9-7-16(8-10-17)15-5-3-14(12-23)4-6-15/h2,7-12,14-15H,3-6H2,1H3.